The van der Waals surface area contributed by atoms with Gasteiger partial charge in [-0.1, -0.05) is 31.5 Å². The number of carboxylic acids is 1. The normalized spacial score (nSPS) is 14.9. The summed E-state index contributed by atoms with van der Waals surface area (Å²) >= 11 is 1.32. The molecule has 1 aliphatic rings. The predicted octanol–water partition coefficient (Wildman–Crippen LogP) is 2.81. The number of aromatic nitrogens is 2. The molecule has 0 aliphatic heterocycles. The lowest BCUT2D eigenvalue weighted by Gasteiger charge is -2.10. The van der Waals surface area contributed by atoms with Crippen LogP contribution in [0.1, 0.15) is 38.3 Å². The van der Waals surface area contributed by atoms with Crippen molar-refractivity contribution in [3.63, 3.8) is 0 Å². The van der Waals surface area contributed by atoms with Crippen molar-refractivity contribution in [1.82, 2.24) is 9.55 Å². The van der Waals surface area contributed by atoms with Crippen LogP contribution in [-0.4, -0.2) is 26.4 Å². The van der Waals surface area contributed by atoms with E-state index in [9.17, 15) is 4.79 Å². The molecule has 100 valence electrons. The van der Waals surface area contributed by atoms with E-state index < -0.39 is 5.97 Å². The number of aliphatic carboxylic acids is 1. The summed E-state index contributed by atoms with van der Waals surface area (Å²) in [6, 6.07) is 0. The molecule has 1 saturated carbocycles. The first kappa shape index (κ1) is 13.5. The molecular formula is C13H20N2O2S. The van der Waals surface area contributed by atoms with Crippen molar-refractivity contribution in [1.29, 1.82) is 0 Å². The second kappa shape index (κ2) is 6.27. The number of hydrogen-bond acceptors (Lipinski definition) is 3. The number of aryl methyl sites for hydroxylation is 1. The molecule has 0 atom stereocenters. The van der Waals surface area contributed by atoms with Crippen molar-refractivity contribution in [2.45, 2.75) is 50.7 Å². The molecule has 1 aromatic heterocycles. The Balaban J connectivity index is 1.93. The van der Waals surface area contributed by atoms with Crippen molar-refractivity contribution in [2.75, 3.05) is 5.75 Å². The van der Waals surface area contributed by atoms with Gasteiger partial charge in [0.15, 0.2) is 5.16 Å². The highest BCUT2D eigenvalue weighted by molar-refractivity contribution is 7.99. The Kier molecular flexibility index (Phi) is 4.69. The molecule has 1 fully saturated rings. The maximum Gasteiger partial charge on any atom is 0.313 e. The molecule has 2 rings (SSSR count). The highest BCUT2D eigenvalue weighted by atomic mass is 32.2. The molecule has 4 nitrogen and oxygen atoms in total. The largest absolute Gasteiger partial charge is 0.481 e. The Morgan fingerprint density at radius 2 is 2.39 bits per heavy atom. The van der Waals surface area contributed by atoms with Gasteiger partial charge in [-0.15, -0.1) is 0 Å². The van der Waals surface area contributed by atoms with Gasteiger partial charge in [0.05, 0.1) is 5.75 Å². The van der Waals surface area contributed by atoms with Crippen LogP contribution in [0.2, 0.25) is 0 Å². The third-order valence-corrected chi connectivity index (χ3v) is 4.25. The number of nitrogens with zero attached hydrogens (tertiary/aromatic N) is 2. The summed E-state index contributed by atoms with van der Waals surface area (Å²) in [7, 11) is 0. The van der Waals surface area contributed by atoms with E-state index in [1.54, 1.807) is 0 Å². The van der Waals surface area contributed by atoms with Gasteiger partial charge in [-0.05, 0) is 25.2 Å². The van der Waals surface area contributed by atoms with Crippen molar-refractivity contribution in [3.8, 4) is 0 Å². The molecule has 1 heterocycles. The minimum absolute atomic E-state index is 0.0861. The van der Waals surface area contributed by atoms with Gasteiger partial charge in [-0.25, -0.2) is 4.98 Å². The quantitative estimate of drug-likeness (QED) is 0.737. The molecule has 18 heavy (non-hydrogen) atoms. The lowest BCUT2D eigenvalue weighted by Crippen LogP contribution is -2.06. The molecule has 1 N–H and O–H groups in total. The van der Waals surface area contributed by atoms with Gasteiger partial charge in [0.25, 0.3) is 0 Å². The van der Waals surface area contributed by atoms with Crippen LogP contribution in [0, 0.1) is 5.92 Å². The first-order valence-corrected chi connectivity index (χ1v) is 7.58. The van der Waals surface area contributed by atoms with E-state index in [0.29, 0.717) is 0 Å². The summed E-state index contributed by atoms with van der Waals surface area (Å²) in [5.41, 5.74) is 1.21. The van der Waals surface area contributed by atoms with Gasteiger partial charge in [0, 0.05) is 18.4 Å². The number of hydrogen-bond donors (Lipinski definition) is 1. The van der Waals surface area contributed by atoms with Gasteiger partial charge < -0.3 is 9.67 Å². The molecule has 0 amide bonds. The Morgan fingerprint density at radius 1 is 1.61 bits per heavy atom. The van der Waals surface area contributed by atoms with E-state index in [1.807, 2.05) is 6.20 Å². The zero-order valence-electron chi connectivity index (χ0n) is 10.8. The van der Waals surface area contributed by atoms with E-state index in [0.717, 1.165) is 24.0 Å². The van der Waals surface area contributed by atoms with E-state index in [4.69, 9.17) is 5.11 Å². The van der Waals surface area contributed by atoms with E-state index in [2.05, 4.69) is 16.5 Å². The Morgan fingerprint density at radius 3 is 3.00 bits per heavy atom. The average molecular weight is 268 g/mol. The van der Waals surface area contributed by atoms with Crippen molar-refractivity contribution >= 4 is 17.7 Å². The Labute approximate surface area is 112 Å². The molecule has 0 aromatic carbocycles. The Hall–Kier alpha value is -0.970. The highest BCUT2D eigenvalue weighted by Gasteiger charge is 2.20. The van der Waals surface area contributed by atoms with Crippen LogP contribution >= 0.6 is 11.8 Å². The third kappa shape index (κ3) is 3.77. The summed E-state index contributed by atoms with van der Waals surface area (Å²) in [5, 5.41) is 9.58. The number of carbonyl (C=O) groups is 1. The van der Waals surface area contributed by atoms with Crippen molar-refractivity contribution < 1.29 is 9.90 Å². The van der Waals surface area contributed by atoms with Crippen LogP contribution in [0.15, 0.2) is 11.4 Å². The zero-order chi connectivity index (χ0) is 13.0. The van der Waals surface area contributed by atoms with E-state index in [1.165, 1.54) is 43.1 Å². The summed E-state index contributed by atoms with van der Waals surface area (Å²) in [5.74, 6) is 0.252. The van der Waals surface area contributed by atoms with Crippen LogP contribution in [0.4, 0.5) is 0 Å². The molecule has 0 unspecified atom stereocenters. The van der Waals surface area contributed by atoms with Gasteiger partial charge in [-0.2, -0.15) is 0 Å². The number of thioether (sulfide) groups is 1. The SMILES string of the molecule is CCc1cnc(SCC(=O)O)n1CCCC1CC1. The maximum absolute atomic E-state index is 10.6. The number of imidazole rings is 1. The minimum Gasteiger partial charge on any atom is -0.481 e. The first-order valence-electron chi connectivity index (χ1n) is 6.59. The van der Waals surface area contributed by atoms with Crippen molar-refractivity contribution in [3.05, 3.63) is 11.9 Å². The van der Waals surface area contributed by atoms with Crippen molar-refractivity contribution in [2.24, 2.45) is 5.92 Å². The average Bonchev–Trinajstić information content (AvgIpc) is 3.07. The molecule has 5 heteroatoms. The standard InChI is InChI=1S/C13H20N2O2S/c1-2-11-8-14-13(18-9-12(16)17)15(11)7-3-4-10-5-6-10/h8,10H,2-7,9H2,1H3,(H,16,17). The van der Waals surface area contributed by atoms with Gasteiger partial charge >= 0.3 is 5.97 Å². The van der Waals surface area contributed by atoms with Gasteiger partial charge in [0.1, 0.15) is 0 Å². The summed E-state index contributed by atoms with van der Waals surface area (Å²) < 4.78 is 2.19. The molecule has 0 saturated heterocycles. The lowest BCUT2D eigenvalue weighted by molar-refractivity contribution is -0.133. The third-order valence-electron chi connectivity index (χ3n) is 3.28. The molecular weight excluding hydrogens is 248 g/mol. The fourth-order valence-corrected chi connectivity index (χ4v) is 2.84. The van der Waals surface area contributed by atoms with Crippen LogP contribution in [0.25, 0.3) is 0 Å². The summed E-state index contributed by atoms with van der Waals surface area (Å²) in [6.45, 7) is 3.08. The fourth-order valence-electron chi connectivity index (χ4n) is 2.10. The van der Waals surface area contributed by atoms with Crippen LogP contribution in [0.3, 0.4) is 0 Å². The van der Waals surface area contributed by atoms with Gasteiger partial charge in [0.2, 0.25) is 0 Å². The van der Waals surface area contributed by atoms with E-state index >= 15 is 0 Å². The smallest absolute Gasteiger partial charge is 0.313 e. The lowest BCUT2D eigenvalue weighted by atomic mass is 10.2. The fraction of sp³-hybridized carbons (Fsp3) is 0.692. The second-order valence-electron chi connectivity index (χ2n) is 4.81. The second-order valence-corrected chi connectivity index (χ2v) is 5.75. The molecule has 0 spiro atoms. The molecule has 0 bridgehead atoms. The monoisotopic (exact) mass is 268 g/mol. The predicted molar refractivity (Wildman–Crippen MR) is 71.9 cm³/mol. The summed E-state index contributed by atoms with van der Waals surface area (Å²) in [6.07, 6.45) is 8.08. The van der Waals surface area contributed by atoms with Gasteiger partial charge in [-0.3, -0.25) is 4.79 Å². The Bertz CT molecular complexity index is 413. The molecule has 1 aliphatic carbocycles. The van der Waals surface area contributed by atoms with E-state index in [-0.39, 0.29) is 5.75 Å². The van der Waals surface area contributed by atoms with Crippen LogP contribution in [0.5, 0.6) is 0 Å². The topological polar surface area (TPSA) is 55.1 Å². The molecule has 1 aromatic rings. The number of rotatable bonds is 8. The maximum atomic E-state index is 10.6. The first-order chi connectivity index (χ1) is 8.70. The number of carboxylic acid groups (broad SMARTS) is 1. The van der Waals surface area contributed by atoms with Crippen LogP contribution in [-0.2, 0) is 17.8 Å². The minimum atomic E-state index is -0.787. The molecule has 0 radical (unpaired) electrons. The summed E-state index contributed by atoms with van der Waals surface area (Å²) in [4.78, 5) is 14.9. The zero-order valence-corrected chi connectivity index (χ0v) is 11.6. The van der Waals surface area contributed by atoms with Crippen LogP contribution < -0.4 is 0 Å². The highest BCUT2D eigenvalue weighted by Crippen LogP contribution is 2.33.